The van der Waals surface area contributed by atoms with Crippen LogP contribution in [0.1, 0.15) is 44.9 Å². The molecule has 5 heteroatoms. The average Bonchev–Trinajstić information content (AvgIpc) is 3.30. The Balaban J connectivity index is 1.35. The Morgan fingerprint density at radius 2 is 1.83 bits per heavy atom. The molecule has 23 heavy (non-hydrogen) atoms. The van der Waals surface area contributed by atoms with Crippen molar-refractivity contribution in [2.24, 2.45) is 0 Å². The van der Waals surface area contributed by atoms with Crippen LogP contribution < -0.4 is 10.6 Å². The number of hydrogen-bond donors (Lipinski definition) is 2. The molecular formula is C18H24FN3O. The molecule has 1 aromatic rings. The van der Waals surface area contributed by atoms with E-state index in [1.165, 1.54) is 44.2 Å². The van der Waals surface area contributed by atoms with E-state index < -0.39 is 0 Å². The first-order valence-electron chi connectivity index (χ1n) is 8.79. The van der Waals surface area contributed by atoms with Crippen LogP contribution in [0.15, 0.2) is 24.3 Å². The Morgan fingerprint density at radius 1 is 1.09 bits per heavy atom. The van der Waals surface area contributed by atoms with Crippen LogP contribution in [0.2, 0.25) is 0 Å². The maximum Gasteiger partial charge on any atom is 0.319 e. The topological polar surface area (TPSA) is 44.4 Å². The Kier molecular flexibility index (Phi) is 3.97. The summed E-state index contributed by atoms with van der Waals surface area (Å²) in [5.41, 5.74) is 0.498. The summed E-state index contributed by atoms with van der Waals surface area (Å²) in [6.07, 6.45) is 8.64. The van der Waals surface area contributed by atoms with Crippen LogP contribution in [0.3, 0.4) is 0 Å². The number of nitrogens with one attached hydrogen (secondary N) is 2. The lowest BCUT2D eigenvalue weighted by molar-refractivity contribution is 0.0198. The molecular weight excluding hydrogens is 293 g/mol. The van der Waals surface area contributed by atoms with E-state index in [0.717, 1.165) is 18.9 Å². The van der Waals surface area contributed by atoms with Gasteiger partial charge in [0, 0.05) is 29.9 Å². The third-order valence-corrected chi connectivity index (χ3v) is 5.42. The minimum Gasteiger partial charge on any atom is -0.335 e. The number of nitrogens with zero attached hydrogens (tertiary/aromatic N) is 1. The summed E-state index contributed by atoms with van der Waals surface area (Å²) in [5, 5.41) is 5.83. The number of hydrogen-bond acceptors (Lipinski definition) is 2. The lowest BCUT2D eigenvalue weighted by Crippen LogP contribution is -2.58. The average molecular weight is 317 g/mol. The number of halogens is 1. The van der Waals surface area contributed by atoms with Crippen molar-refractivity contribution in [2.45, 2.75) is 69.1 Å². The van der Waals surface area contributed by atoms with Gasteiger partial charge in [0.1, 0.15) is 5.82 Å². The Labute approximate surface area is 136 Å². The minimum atomic E-state index is -0.338. The normalized spacial score (nSPS) is 30.7. The number of rotatable bonds is 3. The fourth-order valence-corrected chi connectivity index (χ4v) is 4.42. The van der Waals surface area contributed by atoms with Gasteiger partial charge in [0.2, 0.25) is 0 Å². The van der Waals surface area contributed by atoms with Gasteiger partial charge in [0.25, 0.3) is 0 Å². The van der Waals surface area contributed by atoms with Crippen molar-refractivity contribution < 1.29 is 9.18 Å². The fraction of sp³-hybridized carbons (Fsp3) is 0.611. The second kappa shape index (κ2) is 6.11. The maximum atomic E-state index is 13.2. The van der Waals surface area contributed by atoms with Gasteiger partial charge in [-0.05, 0) is 56.7 Å². The Hall–Kier alpha value is -1.62. The van der Waals surface area contributed by atoms with Crippen LogP contribution in [0.5, 0.6) is 0 Å². The van der Waals surface area contributed by atoms with Gasteiger partial charge < -0.3 is 10.6 Å². The minimum absolute atomic E-state index is 0.224. The monoisotopic (exact) mass is 317 g/mol. The number of urea groups is 1. The Morgan fingerprint density at radius 3 is 2.48 bits per heavy atom. The van der Waals surface area contributed by atoms with Crippen LogP contribution in [-0.4, -0.2) is 35.1 Å². The number of anilines is 1. The van der Waals surface area contributed by atoms with Gasteiger partial charge in [-0.25, -0.2) is 9.18 Å². The van der Waals surface area contributed by atoms with E-state index in [4.69, 9.17) is 0 Å². The van der Waals surface area contributed by atoms with Crippen molar-refractivity contribution in [3.63, 3.8) is 0 Å². The van der Waals surface area contributed by atoms with Gasteiger partial charge in [-0.1, -0.05) is 12.5 Å². The molecule has 2 aliphatic heterocycles. The first-order chi connectivity index (χ1) is 11.2. The number of carbonyl (C=O) groups is 1. The first kappa shape index (κ1) is 14.9. The van der Waals surface area contributed by atoms with Gasteiger partial charge in [0.05, 0.1) is 0 Å². The molecule has 3 fully saturated rings. The summed E-state index contributed by atoms with van der Waals surface area (Å²) in [7, 11) is 0. The number of amides is 2. The lowest BCUT2D eigenvalue weighted by atomic mass is 9.81. The van der Waals surface area contributed by atoms with E-state index in [9.17, 15) is 9.18 Å². The van der Waals surface area contributed by atoms with Crippen molar-refractivity contribution in [1.82, 2.24) is 10.2 Å². The van der Waals surface area contributed by atoms with Gasteiger partial charge in [-0.2, -0.15) is 0 Å². The van der Waals surface area contributed by atoms with E-state index in [2.05, 4.69) is 15.5 Å². The van der Waals surface area contributed by atoms with Gasteiger partial charge >= 0.3 is 6.03 Å². The third-order valence-electron chi connectivity index (χ3n) is 5.42. The number of carbonyl (C=O) groups excluding carboxylic acids is 1. The molecule has 4 rings (SSSR count). The Bertz CT molecular complexity index is 575. The van der Waals surface area contributed by atoms with Crippen LogP contribution in [0, 0.1) is 5.82 Å². The van der Waals surface area contributed by atoms with Crippen molar-refractivity contribution in [3.8, 4) is 0 Å². The standard InChI is InChI=1S/C18H24FN3O/c19-12-3-1-4-13(9-12)20-18(23)21-14-10-16-5-2-6-17(11-14)22(16)15-7-8-15/h1,3-4,9,14-17H,2,5-8,10-11H2,(H2,20,21,23)/t16-,17-/m1/s1. The largest absolute Gasteiger partial charge is 0.335 e. The molecule has 2 saturated heterocycles. The van der Waals surface area contributed by atoms with Crippen molar-refractivity contribution in [3.05, 3.63) is 30.1 Å². The first-order valence-corrected chi connectivity index (χ1v) is 8.79. The van der Waals surface area contributed by atoms with Gasteiger partial charge in [-0.3, -0.25) is 4.90 Å². The molecule has 0 radical (unpaired) electrons. The number of fused-ring (bicyclic) bond motifs is 2. The quantitative estimate of drug-likeness (QED) is 0.896. The molecule has 3 aliphatic rings. The molecule has 1 aromatic carbocycles. The van der Waals surface area contributed by atoms with E-state index in [1.807, 2.05) is 0 Å². The van der Waals surface area contributed by atoms with E-state index in [0.29, 0.717) is 17.8 Å². The van der Waals surface area contributed by atoms with Crippen molar-refractivity contribution in [2.75, 3.05) is 5.32 Å². The zero-order chi connectivity index (χ0) is 15.8. The highest BCUT2D eigenvalue weighted by molar-refractivity contribution is 5.89. The smallest absolute Gasteiger partial charge is 0.319 e. The van der Waals surface area contributed by atoms with Crippen LogP contribution in [0.4, 0.5) is 14.9 Å². The number of benzene rings is 1. The van der Waals surface area contributed by atoms with Crippen molar-refractivity contribution >= 4 is 11.7 Å². The van der Waals surface area contributed by atoms with E-state index in [1.54, 1.807) is 12.1 Å². The second-order valence-electron chi connectivity index (χ2n) is 7.19. The zero-order valence-electron chi connectivity index (χ0n) is 13.3. The predicted molar refractivity (Wildman–Crippen MR) is 87.9 cm³/mol. The molecule has 1 aliphatic carbocycles. The summed E-state index contributed by atoms with van der Waals surface area (Å²) in [4.78, 5) is 14.9. The third kappa shape index (κ3) is 3.34. The van der Waals surface area contributed by atoms with Crippen LogP contribution in [0.25, 0.3) is 0 Å². The SMILES string of the molecule is O=C(Nc1cccc(F)c1)NC1C[C@H]2CCC[C@H](C1)N2C1CC1. The summed E-state index contributed by atoms with van der Waals surface area (Å²) in [5.74, 6) is -0.338. The van der Waals surface area contributed by atoms with E-state index >= 15 is 0 Å². The molecule has 2 bridgehead atoms. The molecule has 4 nitrogen and oxygen atoms in total. The molecule has 2 heterocycles. The maximum absolute atomic E-state index is 13.2. The molecule has 0 aromatic heterocycles. The second-order valence-corrected chi connectivity index (χ2v) is 7.19. The van der Waals surface area contributed by atoms with Crippen molar-refractivity contribution in [1.29, 1.82) is 0 Å². The molecule has 1 saturated carbocycles. The summed E-state index contributed by atoms with van der Waals surface area (Å²) < 4.78 is 13.2. The molecule has 0 unspecified atom stereocenters. The molecule has 0 spiro atoms. The molecule has 2 N–H and O–H groups in total. The summed E-state index contributed by atoms with van der Waals surface area (Å²) in [6, 6.07) is 8.10. The van der Waals surface area contributed by atoms with Crippen LogP contribution >= 0.6 is 0 Å². The van der Waals surface area contributed by atoms with Gasteiger partial charge in [-0.15, -0.1) is 0 Å². The summed E-state index contributed by atoms with van der Waals surface area (Å²) in [6.45, 7) is 0. The molecule has 124 valence electrons. The summed E-state index contributed by atoms with van der Waals surface area (Å²) >= 11 is 0. The molecule has 2 atom stereocenters. The van der Waals surface area contributed by atoms with Crippen LogP contribution in [-0.2, 0) is 0 Å². The highest BCUT2D eigenvalue weighted by Crippen LogP contribution is 2.41. The van der Waals surface area contributed by atoms with E-state index in [-0.39, 0.29) is 17.9 Å². The highest BCUT2D eigenvalue weighted by Gasteiger charge is 2.45. The fourth-order valence-electron chi connectivity index (χ4n) is 4.42. The van der Waals surface area contributed by atoms with Gasteiger partial charge in [0.15, 0.2) is 0 Å². The molecule has 2 amide bonds. The number of piperidine rings is 2. The zero-order valence-corrected chi connectivity index (χ0v) is 13.3. The lowest BCUT2D eigenvalue weighted by Gasteiger charge is -2.49. The highest BCUT2D eigenvalue weighted by atomic mass is 19.1. The predicted octanol–water partition coefficient (Wildman–Crippen LogP) is 3.50.